The Bertz CT molecular complexity index is 505. The molecule has 2 heterocycles. The molecule has 2 aromatic heterocycles. The maximum absolute atomic E-state index is 4.16. The lowest BCUT2D eigenvalue weighted by Crippen LogP contribution is -2.46. The summed E-state index contributed by atoms with van der Waals surface area (Å²) >= 11 is 1.73. The molecule has 0 saturated heterocycles. The number of thiophene rings is 1. The molecule has 6 heteroatoms. The zero-order valence-electron chi connectivity index (χ0n) is 12.4. The van der Waals surface area contributed by atoms with Crippen LogP contribution >= 0.6 is 23.7 Å². The molecule has 0 bridgehead atoms. The Hall–Kier alpha value is -0.880. The van der Waals surface area contributed by atoms with E-state index in [1.165, 1.54) is 10.4 Å². The van der Waals surface area contributed by atoms with Crippen LogP contribution in [0.2, 0.25) is 0 Å². The smallest absolute Gasteiger partial charge is 0.0794 e. The van der Waals surface area contributed by atoms with Gasteiger partial charge in [0.2, 0.25) is 0 Å². The molecule has 4 nitrogen and oxygen atoms in total. The lowest BCUT2D eigenvalue weighted by atomic mass is 10.0. The number of nitrogens with one attached hydrogen (secondary N) is 2. The quantitative estimate of drug-likeness (QED) is 0.861. The van der Waals surface area contributed by atoms with E-state index in [1.54, 1.807) is 11.3 Å². The molecule has 2 aromatic rings. The largest absolute Gasteiger partial charge is 0.311 e. The van der Waals surface area contributed by atoms with Crippen molar-refractivity contribution >= 4 is 23.7 Å². The average molecular weight is 315 g/mol. The topological polar surface area (TPSA) is 44.0 Å². The van der Waals surface area contributed by atoms with Crippen molar-refractivity contribution in [2.24, 2.45) is 0 Å². The van der Waals surface area contributed by atoms with Gasteiger partial charge in [-0.05, 0) is 39.4 Å². The van der Waals surface area contributed by atoms with Gasteiger partial charge in [-0.3, -0.25) is 5.10 Å². The lowest BCUT2D eigenvalue weighted by Gasteiger charge is -2.32. The van der Waals surface area contributed by atoms with Gasteiger partial charge in [0.05, 0.1) is 16.8 Å². The van der Waals surface area contributed by atoms with Crippen molar-refractivity contribution in [1.82, 2.24) is 20.4 Å². The molecule has 0 aliphatic rings. The third-order valence-corrected chi connectivity index (χ3v) is 4.46. The molecule has 0 aliphatic carbocycles. The molecule has 0 aliphatic heterocycles. The average Bonchev–Trinajstić information content (AvgIpc) is 2.97. The third kappa shape index (κ3) is 4.06. The SMILES string of the molecule is CN(C)C(C)(C)CNCc1cn[nH]c1-c1cccs1.Cl. The van der Waals surface area contributed by atoms with Crippen molar-refractivity contribution in [3.05, 3.63) is 29.3 Å². The Morgan fingerprint density at radius 2 is 2.15 bits per heavy atom. The van der Waals surface area contributed by atoms with E-state index in [2.05, 4.69) is 65.9 Å². The second-order valence-corrected chi connectivity index (χ2v) is 6.51. The molecule has 0 unspecified atom stereocenters. The number of hydrogen-bond donors (Lipinski definition) is 2. The van der Waals surface area contributed by atoms with Crippen LogP contribution in [0, 0.1) is 0 Å². The molecule has 0 atom stereocenters. The first-order valence-corrected chi connectivity index (χ1v) is 7.33. The number of rotatable bonds is 6. The summed E-state index contributed by atoms with van der Waals surface area (Å²) in [7, 11) is 4.22. The van der Waals surface area contributed by atoms with Gasteiger partial charge in [0.1, 0.15) is 0 Å². The lowest BCUT2D eigenvalue weighted by molar-refractivity contribution is 0.190. The third-order valence-electron chi connectivity index (χ3n) is 3.57. The maximum Gasteiger partial charge on any atom is 0.0794 e. The van der Waals surface area contributed by atoms with Gasteiger partial charge in [-0.2, -0.15) is 5.10 Å². The summed E-state index contributed by atoms with van der Waals surface area (Å²) in [5.74, 6) is 0. The summed E-state index contributed by atoms with van der Waals surface area (Å²) in [6.45, 7) is 6.24. The minimum Gasteiger partial charge on any atom is -0.311 e. The fraction of sp³-hybridized carbons (Fsp3) is 0.500. The molecule has 20 heavy (non-hydrogen) atoms. The van der Waals surface area contributed by atoms with Crippen LogP contribution in [0.5, 0.6) is 0 Å². The molecule has 112 valence electrons. The van der Waals surface area contributed by atoms with Crippen LogP contribution < -0.4 is 5.32 Å². The van der Waals surface area contributed by atoms with Crippen molar-refractivity contribution in [2.45, 2.75) is 25.9 Å². The van der Waals surface area contributed by atoms with Crippen LogP contribution in [0.25, 0.3) is 10.6 Å². The van der Waals surface area contributed by atoms with E-state index in [4.69, 9.17) is 0 Å². The van der Waals surface area contributed by atoms with Crippen LogP contribution in [0.4, 0.5) is 0 Å². The number of nitrogens with zero attached hydrogens (tertiary/aromatic N) is 2. The van der Waals surface area contributed by atoms with Gasteiger partial charge < -0.3 is 10.2 Å². The second-order valence-electron chi connectivity index (χ2n) is 5.56. The van der Waals surface area contributed by atoms with Crippen molar-refractivity contribution in [2.75, 3.05) is 20.6 Å². The molecule has 0 aromatic carbocycles. The fourth-order valence-electron chi connectivity index (χ4n) is 1.74. The van der Waals surface area contributed by atoms with Crippen molar-refractivity contribution in [3.8, 4) is 10.6 Å². The number of aromatic nitrogens is 2. The molecule has 0 saturated carbocycles. The number of H-pyrrole nitrogens is 1. The fourth-order valence-corrected chi connectivity index (χ4v) is 2.50. The highest BCUT2D eigenvalue weighted by molar-refractivity contribution is 7.13. The predicted molar refractivity (Wildman–Crippen MR) is 88.6 cm³/mol. The van der Waals surface area contributed by atoms with E-state index in [0.29, 0.717) is 0 Å². The Morgan fingerprint density at radius 3 is 2.75 bits per heavy atom. The van der Waals surface area contributed by atoms with Crippen molar-refractivity contribution in [3.63, 3.8) is 0 Å². The Kier molecular flexibility index (Phi) is 6.20. The second kappa shape index (κ2) is 7.22. The van der Waals surface area contributed by atoms with Crippen LogP contribution in [0.15, 0.2) is 23.7 Å². The number of halogens is 1. The van der Waals surface area contributed by atoms with Crippen LogP contribution in [-0.4, -0.2) is 41.3 Å². The summed E-state index contributed by atoms with van der Waals surface area (Å²) in [5, 5.41) is 12.8. The molecule has 0 spiro atoms. The summed E-state index contributed by atoms with van der Waals surface area (Å²) in [4.78, 5) is 3.47. The van der Waals surface area contributed by atoms with E-state index < -0.39 is 0 Å². The Labute approximate surface area is 131 Å². The van der Waals surface area contributed by atoms with E-state index in [-0.39, 0.29) is 17.9 Å². The zero-order chi connectivity index (χ0) is 13.9. The van der Waals surface area contributed by atoms with Crippen molar-refractivity contribution < 1.29 is 0 Å². The summed E-state index contributed by atoms with van der Waals surface area (Å²) in [6.07, 6.45) is 1.91. The molecule has 0 radical (unpaired) electrons. The molecule has 0 fully saturated rings. The number of aromatic amines is 1. The summed E-state index contributed by atoms with van der Waals surface area (Å²) in [6, 6.07) is 4.18. The van der Waals surface area contributed by atoms with Crippen molar-refractivity contribution in [1.29, 1.82) is 0 Å². The predicted octanol–water partition coefficient (Wildman–Crippen LogP) is 2.99. The van der Waals surface area contributed by atoms with E-state index >= 15 is 0 Å². The van der Waals surface area contributed by atoms with Gasteiger partial charge >= 0.3 is 0 Å². The van der Waals surface area contributed by atoms with Gasteiger partial charge in [0.15, 0.2) is 0 Å². The first kappa shape index (κ1) is 17.2. The highest BCUT2D eigenvalue weighted by Crippen LogP contribution is 2.25. The van der Waals surface area contributed by atoms with Crippen LogP contribution in [-0.2, 0) is 6.54 Å². The normalized spacial score (nSPS) is 11.7. The molecular weight excluding hydrogens is 292 g/mol. The Morgan fingerprint density at radius 1 is 1.40 bits per heavy atom. The Balaban J connectivity index is 0.00000200. The first-order chi connectivity index (χ1) is 9.00. The van der Waals surface area contributed by atoms with E-state index in [1.807, 2.05) is 6.20 Å². The standard InChI is InChI=1S/C14H22N4S.ClH/c1-14(2,18(3)4)10-15-8-11-9-16-17-13(11)12-6-5-7-19-12;/h5-7,9,15H,8,10H2,1-4H3,(H,16,17);1H. The first-order valence-electron chi connectivity index (χ1n) is 6.45. The highest BCUT2D eigenvalue weighted by atomic mass is 35.5. The molecule has 0 amide bonds. The minimum atomic E-state index is 0. The number of hydrogen-bond acceptors (Lipinski definition) is 4. The highest BCUT2D eigenvalue weighted by Gasteiger charge is 2.19. The van der Waals surface area contributed by atoms with Gasteiger partial charge in [0, 0.05) is 24.2 Å². The van der Waals surface area contributed by atoms with E-state index in [9.17, 15) is 0 Å². The number of likely N-dealkylation sites (N-methyl/N-ethyl adjacent to an activating group) is 1. The zero-order valence-corrected chi connectivity index (χ0v) is 14.1. The summed E-state index contributed by atoms with van der Waals surface area (Å²) < 4.78 is 0. The van der Waals surface area contributed by atoms with Crippen LogP contribution in [0.1, 0.15) is 19.4 Å². The van der Waals surface area contributed by atoms with Gasteiger partial charge in [0.25, 0.3) is 0 Å². The minimum absolute atomic E-state index is 0. The summed E-state index contributed by atoms with van der Waals surface area (Å²) in [5.41, 5.74) is 2.49. The van der Waals surface area contributed by atoms with Gasteiger partial charge in [-0.1, -0.05) is 6.07 Å². The van der Waals surface area contributed by atoms with Crippen LogP contribution in [0.3, 0.4) is 0 Å². The molecule has 2 rings (SSSR count). The molecular formula is C14H23ClN4S. The monoisotopic (exact) mass is 314 g/mol. The van der Waals surface area contributed by atoms with Gasteiger partial charge in [-0.15, -0.1) is 23.7 Å². The molecule has 2 N–H and O–H groups in total. The van der Waals surface area contributed by atoms with E-state index in [0.717, 1.165) is 18.8 Å². The maximum atomic E-state index is 4.16. The van der Waals surface area contributed by atoms with Gasteiger partial charge in [-0.25, -0.2) is 0 Å².